The number of nitrogens with zero attached hydrogens (tertiary/aromatic N) is 4. The minimum atomic E-state index is -4.60. The van der Waals surface area contributed by atoms with Crippen molar-refractivity contribution in [2.45, 2.75) is 6.18 Å². The molecule has 6 nitrogen and oxygen atoms in total. The van der Waals surface area contributed by atoms with Gasteiger partial charge in [0, 0.05) is 29.9 Å². The molecule has 0 spiro atoms. The van der Waals surface area contributed by atoms with Gasteiger partial charge in [-0.15, -0.1) is 0 Å². The number of carbonyl (C=O) groups excluding carboxylic acids is 1. The highest BCUT2D eigenvalue weighted by atomic mass is 19.4. The van der Waals surface area contributed by atoms with E-state index >= 15 is 0 Å². The molecule has 174 valence electrons. The van der Waals surface area contributed by atoms with Crippen LogP contribution in [0.5, 0.6) is 0 Å². The number of fused-ring (bicyclic) bond motifs is 1. The van der Waals surface area contributed by atoms with E-state index < -0.39 is 17.6 Å². The molecule has 0 saturated heterocycles. The third kappa shape index (κ3) is 4.48. The number of halogens is 3. The van der Waals surface area contributed by atoms with E-state index in [1.807, 2.05) is 42.5 Å². The number of nitrogens with one attached hydrogen (secondary N) is 1. The molecule has 0 fully saturated rings. The highest BCUT2D eigenvalue weighted by Gasteiger charge is 2.34. The topological polar surface area (TPSA) is 72.7 Å². The molecule has 35 heavy (non-hydrogen) atoms. The van der Waals surface area contributed by atoms with Gasteiger partial charge in [0.1, 0.15) is 5.69 Å². The first-order valence-electron chi connectivity index (χ1n) is 10.6. The van der Waals surface area contributed by atoms with Crippen molar-refractivity contribution in [3.8, 4) is 22.5 Å². The molecule has 0 atom stereocenters. The Morgan fingerprint density at radius 1 is 0.886 bits per heavy atom. The predicted octanol–water partition coefficient (Wildman–Crippen LogP) is 5.97. The third-order valence-corrected chi connectivity index (χ3v) is 5.43. The second-order valence-corrected chi connectivity index (χ2v) is 7.86. The normalized spacial score (nSPS) is 11.5. The van der Waals surface area contributed by atoms with Gasteiger partial charge < -0.3 is 5.32 Å². The van der Waals surface area contributed by atoms with Gasteiger partial charge in [0.05, 0.1) is 22.3 Å². The number of carbonyl (C=O) groups is 1. The van der Waals surface area contributed by atoms with Crippen molar-refractivity contribution in [2.75, 3.05) is 5.32 Å². The average Bonchev–Trinajstić information content (AvgIpc) is 3.29. The van der Waals surface area contributed by atoms with Crippen LogP contribution in [-0.4, -0.2) is 25.7 Å². The fourth-order valence-corrected chi connectivity index (χ4v) is 3.77. The number of hydrogen-bond donors (Lipinski definition) is 1. The van der Waals surface area contributed by atoms with Crippen molar-refractivity contribution < 1.29 is 18.0 Å². The number of aryl methyl sites for hydroxylation is 1. The molecule has 0 aliphatic heterocycles. The van der Waals surface area contributed by atoms with Crippen LogP contribution in [0.3, 0.4) is 0 Å². The van der Waals surface area contributed by atoms with E-state index in [9.17, 15) is 18.0 Å². The van der Waals surface area contributed by atoms with Gasteiger partial charge in [-0.2, -0.15) is 18.3 Å². The zero-order chi connectivity index (χ0) is 24.6. The molecular formula is C26H18F3N5O. The lowest BCUT2D eigenvalue weighted by atomic mass is 10.0. The summed E-state index contributed by atoms with van der Waals surface area (Å²) >= 11 is 0. The molecule has 0 bridgehead atoms. The van der Waals surface area contributed by atoms with Crippen molar-refractivity contribution in [1.82, 2.24) is 19.7 Å². The summed E-state index contributed by atoms with van der Waals surface area (Å²) in [6, 6.07) is 21.1. The van der Waals surface area contributed by atoms with Gasteiger partial charge in [-0.3, -0.25) is 9.48 Å². The maximum Gasteiger partial charge on any atom is 0.417 e. The number of rotatable bonds is 4. The molecule has 5 aromatic rings. The number of amides is 1. The summed E-state index contributed by atoms with van der Waals surface area (Å²) in [7, 11) is 1.61. The number of benzene rings is 3. The molecule has 0 unspecified atom stereocenters. The molecule has 0 saturated carbocycles. The smallest absolute Gasteiger partial charge is 0.305 e. The molecule has 2 aromatic heterocycles. The Kier molecular flexibility index (Phi) is 5.52. The zero-order valence-electron chi connectivity index (χ0n) is 18.4. The van der Waals surface area contributed by atoms with Gasteiger partial charge in [0.25, 0.3) is 5.91 Å². The summed E-state index contributed by atoms with van der Waals surface area (Å²) < 4.78 is 42.4. The van der Waals surface area contributed by atoms with Crippen molar-refractivity contribution >= 4 is 22.8 Å². The average molecular weight is 473 g/mol. The Hall–Kier alpha value is -4.53. The Morgan fingerprint density at radius 3 is 2.23 bits per heavy atom. The van der Waals surface area contributed by atoms with Crippen LogP contribution in [0.25, 0.3) is 33.5 Å². The van der Waals surface area contributed by atoms with Crippen molar-refractivity contribution in [3.63, 3.8) is 0 Å². The quantitative estimate of drug-likeness (QED) is 0.349. The monoisotopic (exact) mass is 473 g/mol. The van der Waals surface area contributed by atoms with Gasteiger partial charge in [-0.1, -0.05) is 42.5 Å². The first-order valence-corrected chi connectivity index (χ1v) is 10.6. The number of para-hydroxylation sites is 2. The maximum atomic E-state index is 13.7. The largest absolute Gasteiger partial charge is 0.417 e. The SMILES string of the molecule is Cn1ccc(-c2cc(C(=O)Nc3nc4ccccc4nc3-c3ccccc3)ccc2C(F)(F)F)n1. The molecule has 0 radical (unpaired) electrons. The number of hydrogen-bond acceptors (Lipinski definition) is 4. The first-order chi connectivity index (χ1) is 16.8. The van der Waals surface area contributed by atoms with Gasteiger partial charge in [0.2, 0.25) is 0 Å². The summed E-state index contributed by atoms with van der Waals surface area (Å²) in [6.45, 7) is 0. The molecule has 5 rings (SSSR count). The molecule has 3 aromatic carbocycles. The standard InChI is InChI=1S/C26H18F3N5O/c1-34-14-13-20(33-34)18-15-17(11-12-19(18)26(27,28)29)25(35)32-24-23(16-7-3-2-4-8-16)30-21-9-5-6-10-22(21)31-24/h2-15H,1H3,(H,31,32,35). The van der Waals surface area contributed by atoms with Gasteiger partial charge >= 0.3 is 6.18 Å². The van der Waals surface area contributed by atoms with Gasteiger partial charge in [0.15, 0.2) is 5.82 Å². The summed E-state index contributed by atoms with van der Waals surface area (Å²) in [5, 5.41) is 6.83. The fourth-order valence-electron chi connectivity index (χ4n) is 3.77. The van der Waals surface area contributed by atoms with E-state index in [2.05, 4.69) is 20.4 Å². The second kappa shape index (κ2) is 8.68. The molecule has 1 N–H and O–H groups in total. The highest BCUT2D eigenvalue weighted by Crippen LogP contribution is 2.37. The van der Waals surface area contributed by atoms with E-state index in [0.29, 0.717) is 16.7 Å². The maximum absolute atomic E-state index is 13.7. The minimum Gasteiger partial charge on any atom is -0.305 e. The van der Waals surface area contributed by atoms with Gasteiger partial charge in [-0.25, -0.2) is 9.97 Å². The first kappa shape index (κ1) is 22.3. The van der Waals surface area contributed by atoms with Crippen molar-refractivity contribution in [3.05, 3.63) is 96.2 Å². The third-order valence-electron chi connectivity index (χ3n) is 5.43. The van der Waals surface area contributed by atoms with Crippen LogP contribution >= 0.6 is 0 Å². The lowest BCUT2D eigenvalue weighted by molar-refractivity contribution is -0.137. The summed E-state index contributed by atoms with van der Waals surface area (Å²) in [5.41, 5.74) is 1.51. The van der Waals surface area contributed by atoms with E-state index in [4.69, 9.17) is 0 Å². The summed E-state index contributed by atoms with van der Waals surface area (Å²) in [5.74, 6) is -0.406. The van der Waals surface area contributed by atoms with Gasteiger partial charge in [-0.05, 0) is 36.4 Å². The Morgan fingerprint density at radius 2 is 1.57 bits per heavy atom. The van der Waals surface area contributed by atoms with Crippen LogP contribution in [0.15, 0.2) is 85.1 Å². The summed E-state index contributed by atoms with van der Waals surface area (Å²) in [6.07, 6.45) is -3.06. The van der Waals surface area contributed by atoms with Crippen LogP contribution in [0.1, 0.15) is 15.9 Å². The highest BCUT2D eigenvalue weighted by molar-refractivity contribution is 6.06. The van der Waals surface area contributed by atoms with Crippen LogP contribution in [0, 0.1) is 0 Å². The lowest BCUT2D eigenvalue weighted by Crippen LogP contribution is -2.16. The molecule has 2 heterocycles. The number of anilines is 1. The van der Waals surface area contributed by atoms with Crippen LogP contribution in [0.2, 0.25) is 0 Å². The Labute approximate surface area is 198 Å². The molecule has 1 amide bonds. The number of alkyl halides is 3. The Balaban J connectivity index is 1.58. The predicted molar refractivity (Wildman–Crippen MR) is 127 cm³/mol. The van der Waals surface area contributed by atoms with Crippen molar-refractivity contribution in [1.29, 1.82) is 0 Å². The fraction of sp³-hybridized carbons (Fsp3) is 0.0769. The molecule has 9 heteroatoms. The lowest BCUT2D eigenvalue weighted by Gasteiger charge is -2.14. The van der Waals surface area contributed by atoms with E-state index in [1.54, 1.807) is 25.4 Å². The van der Waals surface area contributed by atoms with Crippen LogP contribution in [0.4, 0.5) is 19.0 Å². The second-order valence-electron chi connectivity index (χ2n) is 7.86. The minimum absolute atomic E-state index is 0.0348. The molecule has 0 aliphatic rings. The molecule has 0 aliphatic carbocycles. The van der Waals surface area contributed by atoms with Crippen LogP contribution < -0.4 is 5.32 Å². The van der Waals surface area contributed by atoms with Crippen LogP contribution in [-0.2, 0) is 13.2 Å². The zero-order valence-corrected chi connectivity index (χ0v) is 18.4. The number of aromatic nitrogens is 4. The van der Waals surface area contributed by atoms with E-state index in [1.165, 1.54) is 16.8 Å². The van der Waals surface area contributed by atoms with E-state index in [0.717, 1.165) is 17.7 Å². The Bertz CT molecular complexity index is 1540. The van der Waals surface area contributed by atoms with E-state index in [-0.39, 0.29) is 22.6 Å². The summed E-state index contributed by atoms with van der Waals surface area (Å²) in [4.78, 5) is 22.4. The molecular weight excluding hydrogens is 455 g/mol. The van der Waals surface area contributed by atoms with Crippen molar-refractivity contribution in [2.24, 2.45) is 7.05 Å².